The fourth-order valence-corrected chi connectivity index (χ4v) is 6.50. The molecule has 0 atom stereocenters. The summed E-state index contributed by atoms with van der Waals surface area (Å²) >= 11 is 3.94. The molecule has 0 aliphatic carbocycles. The van der Waals surface area contributed by atoms with Gasteiger partial charge in [-0.05, 0) is 96.1 Å². The topological polar surface area (TPSA) is 77.3 Å². The number of thioether (sulfide) groups is 2. The summed E-state index contributed by atoms with van der Waals surface area (Å²) in [5, 5.41) is 0. The van der Waals surface area contributed by atoms with Crippen molar-refractivity contribution < 1.29 is 0 Å². The van der Waals surface area contributed by atoms with Crippen molar-refractivity contribution >= 4 is 23.5 Å². The van der Waals surface area contributed by atoms with Crippen LogP contribution in [0.1, 0.15) is 24.0 Å². The molecule has 6 aromatic rings. The van der Waals surface area contributed by atoms with Crippen molar-refractivity contribution in [3.05, 3.63) is 133 Å². The first-order valence-corrected chi connectivity index (χ1v) is 17.0. The maximum absolute atomic E-state index is 4.76. The van der Waals surface area contributed by atoms with Crippen LogP contribution in [-0.2, 0) is 11.5 Å². The Hall–Kier alpha value is -4.40. The van der Waals surface area contributed by atoms with Crippen LogP contribution in [-0.4, -0.2) is 41.4 Å². The van der Waals surface area contributed by atoms with Gasteiger partial charge in [0.2, 0.25) is 0 Å². The van der Waals surface area contributed by atoms with Crippen molar-refractivity contribution in [2.24, 2.45) is 0 Å². The van der Waals surface area contributed by atoms with E-state index in [1.54, 1.807) is 12.4 Å². The second-order valence-electron chi connectivity index (χ2n) is 10.2. The van der Waals surface area contributed by atoms with Gasteiger partial charge in [0.05, 0.1) is 45.6 Å². The van der Waals surface area contributed by atoms with E-state index < -0.39 is 0 Å². The van der Waals surface area contributed by atoms with Gasteiger partial charge in [0.1, 0.15) is 0 Å². The highest BCUT2D eigenvalue weighted by atomic mass is 32.2. The molecule has 0 aliphatic heterocycles. The summed E-state index contributed by atoms with van der Waals surface area (Å²) in [6, 6.07) is 32.1. The van der Waals surface area contributed by atoms with Crippen molar-refractivity contribution in [1.29, 1.82) is 0 Å². The number of pyridine rings is 6. The van der Waals surface area contributed by atoms with Gasteiger partial charge in [-0.25, -0.2) is 9.97 Å². The first-order chi connectivity index (χ1) is 21.8. The molecule has 0 fully saturated rings. The van der Waals surface area contributed by atoms with Crippen LogP contribution in [0.5, 0.6) is 0 Å². The Kier molecular flexibility index (Phi) is 10.4. The Morgan fingerprint density at radius 3 is 1.16 bits per heavy atom. The van der Waals surface area contributed by atoms with Crippen molar-refractivity contribution in [2.75, 3.05) is 11.5 Å². The van der Waals surface area contributed by atoms with E-state index in [4.69, 9.17) is 9.97 Å². The molecule has 8 heteroatoms. The Labute approximate surface area is 266 Å². The normalized spacial score (nSPS) is 11.0. The van der Waals surface area contributed by atoms with Crippen molar-refractivity contribution in [3.8, 4) is 45.6 Å². The van der Waals surface area contributed by atoms with E-state index in [0.717, 1.165) is 68.6 Å². The summed E-state index contributed by atoms with van der Waals surface area (Å²) in [6.45, 7) is 0. The highest BCUT2D eigenvalue weighted by Gasteiger charge is 2.07. The Morgan fingerprint density at radius 2 is 0.795 bits per heavy atom. The Balaban J connectivity index is 0.885. The number of rotatable bonds is 13. The Morgan fingerprint density at radius 1 is 0.386 bits per heavy atom. The van der Waals surface area contributed by atoms with Gasteiger partial charge in [0.25, 0.3) is 0 Å². The van der Waals surface area contributed by atoms with Crippen molar-refractivity contribution in [1.82, 2.24) is 29.9 Å². The smallest absolute Gasteiger partial charge is 0.0894 e. The lowest BCUT2D eigenvalue weighted by molar-refractivity contribution is 0.906. The zero-order valence-electron chi connectivity index (χ0n) is 24.3. The van der Waals surface area contributed by atoms with Gasteiger partial charge in [-0.3, -0.25) is 19.9 Å². The lowest BCUT2D eigenvalue weighted by Gasteiger charge is -2.06. The van der Waals surface area contributed by atoms with Crippen molar-refractivity contribution in [2.45, 2.75) is 24.3 Å². The lowest BCUT2D eigenvalue weighted by Crippen LogP contribution is -1.93. The number of unbranched alkanes of at least 4 members (excludes halogenated alkanes) is 1. The summed E-state index contributed by atoms with van der Waals surface area (Å²) in [7, 11) is 0. The van der Waals surface area contributed by atoms with Crippen LogP contribution in [0.3, 0.4) is 0 Å². The molecule has 6 aromatic heterocycles. The first kappa shape index (κ1) is 29.7. The molecule has 0 aromatic carbocycles. The summed E-state index contributed by atoms with van der Waals surface area (Å²) in [6.07, 6.45) is 9.94. The summed E-state index contributed by atoms with van der Waals surface area (Å²) in [4.78, 5) is 27.7. The molecule has 0 bridgehead atoms. The van der Waals surface area contributed by atoms with E-state index in [1.165, 1.54) is 24.0 Å². The fraction of sp³-hybridized carbons (Fsp3) is 0.167. The summed E-state index contributed by atoms with van der Waals surface area (Å²) in [5.41, 5.74) is 9.40. The van der Waals surface area contributed by atoms with Crippen LogP contribution in [0.2, 0.25) is 0 Å². The van der Waals surface area contributed by atoms with Crippen LogP contribution in [0, 0.1) is 0 Å². The second-order valence-corrected chi connectivity index (χ2v) is 12.4. The average molecular weight is 613 g/mol. The fourth-order valence-electron chi connectivity index (χ4n) is 4.58. The minimum atomic E-state index is 0.855. The zero-order chi connectivity index (χ0) is 29.8. The van der Waals surface area contributed by atoms with E-state index in [9.17, 15) is 0 Å². The predicted octanol–water partition coefficient (Wildman–Crippen LogP) is 8.67. The standard InChI is InChI=1S/C36H32N6S2/c1-3-19-37-29(9-1)33-11-7-13-35(41-33)31-17-15-27(23-39-31)25-43-21-5-6-22-44-26-28-16-18-32(40-24-28)36-14-8-12-34(42-36)30-10-2-4-20-38-30/h1-4,7-20,23-24H,5-6,21-22,25-26H2. The molecule has 44 heavy (non-hydrogen) atoms. The highest BCUT2D eigenvalue weighted by molar-refractivity contribution is 7.98. The van der Waals surface area contributed by atoms with Gasteiger partial charge in [0, 0.05) is 36.3 Å². The van der Waals surface area contributed by atoms with Crippen LogP contribution in [0.25, 0.3) is 45.6 Å². The third-order valence-electron chi connectivity index (χ3n) is 6.89. The van der Waals surface area contributed by atoms with Gasteiger partial charge in [-0.1, -0.05) is 36.4 Å². The molecule has 0 N–H and O–H groups in total. The van der Waals surface area contributed by atoms with Gasteiger partial charge in [-0.2, -0.15) is 23.5 Å². The number of nitrogens with zero attached hydrogens (tertiary/aromatic N) is 6. The molecule has 0 unspecified atom stereocenters. The van der Waals surface area contributed by atoms with E-state index in [2.05, 4.69) is 44.2 Å². The number of aromatic nitrogens is 6. The van der Waals surface area contributed by atoms with Crippen LogP contribution in [0.15, 0.2) is 122 Å². The van der Waals surface area contributed by atoms with E-state index in [-0.39, 0.29) is 0 Å². The van der Waals surface area contributed by atoms with Gasteiger partial charge in [-0.15, -0.1) is 0 Å². The van der Waals surface area contributed by atoms with E-state index in [1.807, 2.05) is 109 Å². The van der Waals surface area contributed by atoms with Gasteiger partial charge < -0.3 is 0 Å². The highest BCUT2D eigenvalue weighted by Crippen LogP contribution is 2.23. The van der Waals surface area contributed by atoms with Crippen LogP contribution in [0.4, 0.5) is 0 Å². The molecule has 6 rings (SSSR count). The summed E-state index contributed by atoms with van der Waals surface area (Å²) < 4.78 is 0. The SMILES string of the molecule is c1ccc(-c2cccc(-c3ccc(CSCCCCSCc4ccc(-c5cccc(-c6ccccn6)n5)nc4)cn3)n2)nc1. The number of hydrogen-bond acceptors (Lipinski definition) is 8. The lowest BCUT2D eigenvalue weighted by atomic mass is 10.2. The molecule has 0 saturated heterocycles. The molecule has 0 radical (unpaired) electrons. The molecular formula is C36H32N6S2. The molecule has 6 heterocycles. The largest absolute Gasteiger partial charge is 0.255 e. The summed E-state index contributed by atoms with van der Waals surface area (Å²) in [5.74, 6) is 4.24. The van der Waals surface area contributed by atoms with E-state index >= 15 is 0 Å². The van der Waals surface area contributed by atoms with E-state index in [0.29, 0.717) is 0 Å². The quantitative estimate of drug-likeness (QED) is 0.120. The van der Waals surface area contributed by atoms with Crippen molar-refractivity contribution in [3.63, 3.8) is 0 Å². The maximum atomic E-state index is 4.76. The molecule has 0 aliphatic rings. The monoisotopic (exact) mass is 612 g/mol. The average Bonchev–Trinajstić information content (AvgIpc) is 3.11. The van der Waals surface area contributed by atoms with Gasteiger partial charge >= 0.3 is 0 Å². The zero-order valence-corrected chi connectivity index (χ0v) is 25.9. The minimum absolute atomic E-state index is 0.855. The molecular weight excluding hydrogens is 581 g/mol. The molecule has 6 nitrogen and oxygen atoms in total. The predicted molar refractivity (Wildman–Crippen MR) is 183 cm³/mol. The first-order valence-electron chi connectivity index (χ1n) is 14.6. The third-order valence-corrected chi connectivity index (χ3v) is 9.12. The molecule has 0 saturated carbocycles. The maximum Gasteiger partial charge on any atom is 0.0894 e. The number of hydrogen-bond donors (Lipinski definition) is 0. The molecule has 218 valence electrons. The molecule has 0 spiro atoms. The van der Waals surface area contributed by atoms with Crippen LogP contribution < -0.4 is 0 Å². The second kappa shape index (κ2) is 15.4. The van der Waals surface area contributed by atoms with Gasteiger partial charge in [0.15, 0.2) is 0 Å². The Bertz CT molecular complexity index is 1620. The minimum Gasteiger partial charge on any atom is -0.255 e. The third kappa shape index (κ3) is 8.15. The van der Waals surface area contributed by atoms with Crippen LogP contribution >= 0.6 is 23.5 Å². The molecule has 0 amide bonds.